The molecule has 2 aromatic carbocycles. The zero-order valence-electron chi connectivity index (χ0n) is 15.9. The van der Waals surface area contributed by atoms with Crippen LogP contribution in [0.5, 0.6) is 0 Å². The van der Waals surface area contributed by atoms with Crippen LogP contribution in [0, 0.1) is 0 Å². The van der Waals surface area contributed by atoms with Crippen molar-refractivity contribution in [1.29, 1.82) is 0 Å². The quantitative estimate of drug-likeness (QED) is 0.661. The third kappa shape index (κ3) is 3.09. The number of fused-ring (bicyclic) bond motifs is 1. The number of benzene rings is 2. The topological polar surface area (TPSA) is 53.8 Å². The smallest absolute Gasteiger partial charge is 0.261 e. The van der Waals surface area contributed by atoms with Crippen LogP contribution in [0.15, 0.2) is 77.6 Å². The molecular weight excluding hydrogens is 352 g/mol. The number of hydrogen-bond acceptors (Lipinski definition) is 3. The maximum atomic E-state index is 13.1. The maximum Gasteiger partial charge on any atom is 0.261 e. The minimum Gasteiger partial charge on any atom is -0.472 e. The van der Waals surface area contributed by atoms with Crippen LogP contribution in [-0.2, 0) is 4.79 Å². The van der Waals surface area contributed by atoms with E-state index in [1.807, 2.05) is 66.4 Å². The summed E-state index contributed by atoms with van der Waals surface area (Å²) in [5.41, 5.74) is 3.18. The van der Waals surface area contributed by atoms with Crippen LogP contribution in [0.4, 0.5) is 11.4 Å². The molecule has 142 valence electrons. The summed E-state index contributed by atoms with van der Waals surface area (Å²) in [6.07, 6.45) is 3.62. The normalized spacial score (nSPS) is 18.4. The highest BCUT2D eigenvalue weighted by molar-refractivity contribution is 6.07. The molecule has 28 heavy (non-hydrogen) atoms. The van der Waals surface area contributed by atoms with E-state index < -0.39 is 0 Å². The van der Waals surface area contributed by atoms with Crippen LogP contribution < -0.4 is 9.80 Å². The highest BCUT2D eigenvalue weighted by atomic mass is 16.3. The van der Waals surface area contributed by atoms with Crippen molar-refractivity contribution in [1.82, 2.24) is 0 Å². The lowest BCUT2D eigenvalue weighted by Crippen LogP contribution is -2.47. The van der Waals surface area contributed by atoms with Crippen LogP contribution in [0.2, 0.25) is 0 Å². The predicted molar refractivity (Wildman–Crippen MR) is 108 cm³/mol. The molecular formula is C23H22N2O3. The highest BCUT2D eigenvalue weighted by Gasteiger charge is 2.38. The van der Waals surface area contributed by atoms with E-state index in [-0.39, 0.29) is 23.9 Å². The molecule has 3 aromatic rings. The lowest BCUT2D eigenvalue weighted by Gasteiger charge is -2.43. The van der Waals surface area contributed by atoms with Crippen molar-refractivity contribution in [2.75, 3.05) is 9.80 Å². The second kappa shape index (κ2) is 7.35. The number of para-hydroxylation sites is 2. The fourth-order valence-corrected chi connectivity index (χ4v) is 4.03. The number of amides is 2. The van der Waals surface area contributed by atoms with Crippen molar-refractivity contribution in [2.24, 2.45) is 0 Å². The van der Waals surface area contributed by atoms with E-state index in [2.05, 4.69) is 0 Å². The van der Waals surface area contributed by atoms with E-state index in [1.165, 1.54) is 12.5 Å². The van der Waals surface area contributed by atoms with Crippen LogP contribution in [0.3, 0.4) is 0 Å². The molecule has 0 radical (unpaired) electrons. The summed E-state index contributed by atoms with van der Waals surface area (Å²) < 4.78 is 5.10. The van der Waals surface area contributed by atoms with Gasteiger partial charge in [0.25, 0.3) is 5.91 Å². The molecule has 2 heterocycles. The Morgan fingerprint density at radius 3 is 2.43 bits per heavy atom. The number of furan rings is 1. The first-order chi connectivity index (χ1) is 13.6. The molecule has 2 unspecified atom stereocenters. The van der Waals surface area contributed by atoms with E-state index in [9.17, 15) is 9.59 Å². The Kier molecular flexibility index (Phi) is 4.74. The van der Waals surface area contributed by atoms with E-state index in [0.717, 1.165) is 16.9 Å². The molecule has 0 fully saturated rings. The fraction of sp³-hybridized carbons (Fsp3) is 0.217. The summed E-state index contributed by atoms with van der Waals surface area (Å²) in [6, 6.07) is 19.0. The number of hydrogen-bond donors (Lipinski definition) is 0. The Bertz CT molecular complexity index is 982. The van der Waals surface area contributed by atoms with Gasteiger partial charge < -0.3 is 14.2 Å². The second-order valence-electron chi connectivity index (χ2n) is 7.07. The molecule has 0 saturated heterocycles. The molecule has 0 saturated carbocycles. The molecule has 0 N–H and O–H groups in total. The lowest BCUT2D eigenvalue weighted by molar-refractivity contribution is -0.117. The average molecular weight is 374 g/mol. The first-order valence-electron chi connectivity index (χ1n) is 9.37. The number of nitrogens with zero attached hydrogens (tertiary/aromatic N) is 2. The first-order valence-corrected chi connectivity index (χ1v) is 9.37. The highest BCUT2D eigenvalue weighted by Crippen LogP contribution is 2.42. The average Bonchev–Trinajstić information content (AvgIpc) is 3.23. The van der Waals surface area contributed by atoms with Gasteiger partial charge in [-0.1, -0.05) is 36.4 Å². The fourth-order valence-electron chi connectivity index (χ4n) is 4.03. The summed E-state index contributed by atoms with van der Waals surface area (Å²) in [4.78, 5) is 29.3. The van der Waals surface area contributed by atoms with Gasteiger partial charge in [0, 0.05) is 24.3 Å². The summed E-state index contributed by atoms with van der Waals surface area (Å²) >= 11 is 0. The van der Waals surface area contributed by atoms with Crippen molar-refractivity contribution in [3.8, 4) is 0 Å². The lowest BCUT2D eigenvalue weighted by atomic mass is 9.89. The van der Waals surface area contributed by atoms with E-state index in [4.69, 9.17) is 4.42 Å². The SMILES string of the molecule is CC(=O)N(c1ccccc1)C1CC(C)N(C(=O)c2ccoc2)c2ccccc21. The molecule has 5 heteroatoms. The zero-order valence-corrected chi connectivity index (χ0v) is 15.9. The maximum absolute atomic E-state index is 13.1. The minimum atomic E-state index is -0.139. The van der Waals surface area contributed by atoms with Gasteiger partial charge in [0.2, 0.25) is 5.91 Å². The number of rotatable bonds is 3. The Hall–Kier alpha value is -3.34. The molecule has 1 aliphatic rings. The van der Waals surface area contributed by atoms with Gasteiger partial charge in [-0.25, -0.2) is 0 Å². The molecule has 1 aromatic heterocycles. The number of anilines is 2. The van der Waals surface area contributed by atoms with E-state index in [0.29, 0.717) is 12.0 Å². The van der Waals surface area contributed by atoms with Crippen molar-refractivity contribution >= 4 is 23.2 Å². The second-order valence-corrected chi connectivity index (χ2v) is 7.07. The van der Waals surface area contributed by atoms with Crippen molar-refractivity contribution in [2.45, 2.75) is 32.4 Å². The number of carbonyl (C=O) groups is 2. The van der Waals surface area contributed by atoms with Crippen LogP contribution in [0.25, 0.3) is 0 Å². The molecule has 5 nitrogen and oxygen atoms in total. The van der Waals surface area contributed by atoms with E-state index >= 15 is 0 Å². The number of carbonyl (C=O) groups excluding carboxylic acids is 2. The van der Waals surface area contributed by atoms with Gasteiger partial charge in [0.05, 0.1) is 17.9 Å². The van der Waals surface area contributed by atoms with Gasteiger partial charge in [0.1, 0.15) is 6.26 Å². The van der Waals surface area contributed by atoms with Gasteiger partial charge in [0.15, 0.2) is 0 Å². The molecule has 0 bridgehead atoms. The molecule has 1 aliphatic heterocycles. The molecule has 0 aliphatic carbocycles. The van der Waals surface area contributed by atoms with Crippen molar-refractivity contribution in [3.63, 3.8) is 0 Å². The first kappa shape index (κ1) is 18.0. The van der Waals surface area contributed by atoms with Gasteiger partial charge in [-0.05, 0) is 43.2 Å². The summed E-state index contributed by atoms with van der Waals surface area (Å²) in [5.74, 6) is -0.117. The van der Waals surface area contributed by atoms with Crippen LogP contribution >= 0.6 is 0 Å². The van der Waals surface area contributed by atoms with E-state index in [1.54, 1.807) is 17.9 Å². The van der Waals surface area contributed by atoms with Gasteiger partial charge >= 0.3 is 0 Å². The van der Waals surface area contributed by atoms with Gasteiger partial charge in [-0.3, -0.25) is 9.59 Å². The molecule has 4 rings (SSSR count). The Morgan fingerprint density at radius 2 is 1.75 bits per heavy atom. The Morgan fingerprint density at radius 1 is 1.04 bits per heavy atom. The van der Waals surface area contributed by atoms with Crippen molar-refractivity contribution < 1.29 is 14.0 Å². The summed E-state index contributed by atoms with van der Waals surface area (Å²) in [6.45, 7) is 3.60. The molecule has 2 amide bonds. The largest absolute Gasteiger partial charge is 0.472 e. The Labute approximate surface area is 164 Å². The van der Waals surface area contributed by atoms with Crippen molar-refractivity contribution in [3.05, 3.63) is 84.3 Å². The third-order valence-electron chi connectivity index (χ3n) is 5.23. The standard InChI is InChI=1S/C23H22N2O3/c1-16-14-22(25(17(2)26)19-8-4-3-5-9-19)20-10-6-7-11-21(20)24(16)23(27)18-12-13-28-15-18/h3-13,15-16,22H,14H2,1-2H3. The Balaban J connectivity index is 1.79. The third-order valence-corrected chi connectivity index (χ3v) is 5.23. The summed E-state index contributed by atoms with van der Waals surface area (Å²) in [7, 11) is 0. The molecule has 2 atom stereocenters. The van der Waals surface area contributed by atoms with Crippen LogP contribution in [0.1, 0.15) is 42.2 Å². The van der Waals surface area contributed by atoms with Crippen LogP contribution in [-0.4, -0.2) is 17.9 Å². The minimum absolute atomic E-state index is 0.0205. The monoisotopic (exact) mass is 374 g/mol. The van der Waals surface area contributed by atoms with Gasteiger partial charge in [-0.15, -0.1) is 0 Å². The predicted octanol–water partition coefficient (Wildman–Crippen LogP) is 4.81. The molecule has 0 spiro atoms. The summed E-state index contributed by atoms with van der Waals surface area (Å²) in [5, 5.41) is 0. The van der Waals surface area contributed by atoms with Gasteiger partial charge in [-0.2, -0.15) is 0 Å². The zero-order chi connectivity index (χ0) is 19.7.